The van der Waals surface area contributed by atoms with Gasteiger partial charge in [0.1, 0.15) is 11.8 Å². The molecule has 20 heavy (non-hydrogen) atoms. The summed E-state index contributed by atoms with van der Waals surface area (Å²) in [7, 11) is 1.53. The van der Waals surface area contributed by atoms with Crippen molar-refractivity contribution in [2.75, 3.05) is 13.7 Å². The largest absolute Gasteiger partial charge is 0.507 e. The van der Waals surface area contributed by atoms with Gasteiger partial charge in [-0.25, -0.2) is 4.79 Å². The Balaban J connectivity index is 2.75. The van der Waals surface area contributed by atoms with Crippen LogP contribution in [-0.4, -0.2) is 41.8 Å². The Bertz CT molecular complexity index is 486. The van der Waals surface area contributed by atoms with Crippen LogP contribution in [0.3, 0.4) is 0 Å². The van der Waals surface area contributed by atoms with Gasteiger partial charge >= 0.3 is 5.97 Å². The van der Waals surface area contributed by atoms with Crippen LogP contribution in [0.2, 0.25) is 0 Å². The van der Waals surface area contributed by atoms with Gasteiger partial charge in [0.05, 0.1) is 5.56 Å². The number of carbonyl (C=O) groups is 2. The summed E-state index contributed by atoms with van der Waals surface area (Å²) in [4.78, 5) is 23.1. The molecule has 0 spiro atoms. The van der Waals surface area contributed by atoms with Crippen molar-refractivity contribution < 1.29 is 24.5 Å². The predicted molar refractivity (Wildman–Crippen MR) is 72.8 cm³/mol. The van der Waals surface area contributed by atoms with E-state index in [1.807, 2.05) is 0 Å². The van der Waals surface area contributed by atoms with E-state index in [-0.39, 0.29) is 17.7 Å². The lowest BCUT2D eigenvalue weighted by Crippen LogP contribution is -2.41. The van der Waals surface area contributed by atoms with E-state index in [0.29, 0.717) is 13.0 Å². The summed E-state index contributed by atoms with van der Waals surface area (Å²) in [5, 5.41) is 21.1. The lowest BCUT2D eigenvalue weighted by Gasteiger charge is -2.15. The van der Waals surface area contributed by atoms with Gasteiger partial charge in [-0.1, -0.05) is 11.6 Å². The number of aromatic hydroxyl groups is 1. The van der Waals surface area contributed by atoms with E-state index in [4.69, 9.17) is 9.84 Å². The van der Waals surface area contributed by atoms with Crippen LogP contribution in [0.1, 0.15) is 28.8 Å². The third kappa shape index (κ3) is 4.55. The van der Waals surface area contributed by atoms with Gasteiger partial charge < -0.3 is 20.3 Å². The summed E-state index contributed by atoms with van der Waals surface area (Å²) >= 11 is 0. The average Bonchev–Trinajstić information content (AvgIpc) is 2.40. The highest BCUT2D eigenvalue weighted by Crippen LogP contribution is 2.18. The number of amides is 1. The first kappa shape index (κ1) is 16.0. The Morgan fingerprint density at radius 2 is 2.10 bits per heavy atom. The first-order chi connectivity index (χ1) is 9.45. The van der Waals surface area contributed by atoms with Gasteiger partial charge in [-0.15, -0.1) is 0 Å². The van der Waals surface area contributed by atoms with Gasteiger partial charge in [-0.05, 0) is 31.9 Å². The number of benzene rings is 1. The molecule has 0 aliphatic heterocycles. The number of ether oxygens (including phenoxy) is 1. The van der Waals surface area contributed by atoms with Crippen molar-refractivity contribution in [3.63, 3.8) is 0 Å². The minimum absolute atomic E-state index is 0.0722. The van der Waals surface area contributed by atoms with Crippen LogP contribution in [0.4, 0.5) is 0 Å². The normalized spacial score (nSPS) is 11.9. The number of methoxy groups -OCH3 is 1. The molecule has 0 fully saturated rings. The van der Waals surface area contributed by atoms with E-state index in [2.05, 4.69) is 5.32 Å². The van der Waals surface area contributed by atoms with E-state index < -0.39 is 17.9 Å². The SMILES string of the molecule is COCCCC(NC(=O)c1cc(C)ccc1O)C(=O)O. The summed E-state index contributed by atoms with van der Waals surface area (Å²) in [6.07, 6.45) is 0.787. The van der Waals surface area contributed by atoms with Crippen molar-refractivity contribution in [1.29, 1.82) is 0 Å². The molecule has 0 radical (unpaired) electrons. The van der Waals surface area contributed by atoms with Crippen LogP contribution in [0.25, 0.3) is 0 Å². The molecule has 1 aromatic rings. The van der Waals surface area contributed by atoms with Crippen molar-refractivity contribution in [3.05, 3.63) is 29.3 Å². The smallest absolute Gasteiger partial charge is 0.326 e. The number of carbonyl (C=O) groups excluding carboxylic acids is 1. The minimum atomic E-state index is -1.11. The third-order valence-electron chi connectivity index (χ3n) is 2.84. The molecule has 0 saturated carbocycles. The molecule has 1 aromatic carbocycles. The molecule has 3 N–H and O–H groups in total. The second-order valence-corrected chi connectivity index (χ2v) is 4.52. The number of phenols is 1. The molecule has 0 aliphatic rings. The Labute approximate surface area is 117 Å². The highest BCUT2D eigenvalue weighted by molar-refractivity contribution is 5.98. The van der Waals surface area contributed by atoms with E-state index in [1.165, 1.54) is 19.2 Å². The summed E-state index contributed by atoms with van der Waals surface area (Å²) in [6.45, 7) is 2.21. The molecule has 0 heterocycles. The fourth-order valence-corrected chi connectivity index (χ4v) is 1.76. The number of aryl methyl sites for hydroxylation is 1. The molecule has 0 aliphatic carbocycles. The van der Waals surface area contributed by atoms with Gasteiger partial charge in [-0.3, -0.25) is 4.79 Å². The Morgan fingerprint density at radius 1 is 1.40 bits per heavy atom. The van der Waals surface area contributed by atoms with Crippen LogP contribution in [-0.2, 0) is 9.53 Å². The maximum absolute atomic E-state index is 12.0. The van der Waals surface area contributed by atoms with Crippen LogP contribution < -0.4 is 5.32 Å². The Hall–Kier alpha value is -2.08. The summed E-state index contributed by atoms with van der Waals surface area (Å²) in [5.74, 6) is -1.88. The number of nitrogens with one attached hydrogen (secondary N) is 1. The number of carboxylic acid groups (broad SMARTS) is 1. The van der Waals surface area contributed by atoms with Crippen LogP contribution >= 0.6 is 0 Å². The molecule has 0 saturated heterocycles. The molecular weight excluding hydrogens is 262 g/mol. The zero-order chi connectivity index (χ0) is 15.1. The second-order valence-electron chi connectivity index (χ2n) is 4.52. The van der Waals surface area contributed by atoms with Crippen molar-refractivity contribution in [2.45, 2.75) is 25.8 Å². The fourth-order valence-electron chi connectivity index (χ4n) is 1.76. The van der Waals surface area contributed by atoms with E-state index in [1.54, 1.807) is 13.0 Å². The van der Waals surface area contributed by atoms with Crippen LogP contribution in [0.15, 0.2) is 18.2 Å². The lowest BCUT2D eigenvalue weighted by molar-refractivity contribution is -0.139. The molecule has 0 aromatic heterocycles. The first-order valence-corrected chi connectivity index (χ1v) is 6.28. The van der Waals surface area contributed by atoms with Crippen molar-refractivity contribution in [1.82, 2.24) is 5.32 Å². The summed E-state index contributed by atoms with van der Waals surface area (Å²) in [6, 6.07) is 3.58. The van der Waals surface area contributed by atoms with Crippen LogP contribution in [0, 0.1) is 6.92 Å². The second kappa shape index (κ2) is 7.49. The monoisotopic (exact) mass is 281 g/mol. The number of hydrogen-bond donors (Lipinski definition) is 3. The maximum Gasteiger partial charge on any atom is 0.326 e. The molecule has 110 valence electrons. The quantitative estimate of drug-likeness (QED) is 0.655. The van der Waals surface area contributed by atoms with E-state index >= 15 is 0 Å². The van der Waals surface area contributed by atoms with Crippen molar-refractivity contribution in [2.24, 2.45) is 0 Å². The molecule has 1 amide bonds. The van der Waals surface area contributed by atoms with Gasteiger partial charge in [0.25, 0.3) is 5.91 Å². The number of phenolic OH excluding ortho intramolecular Hbond substituents is 1. The zero-order valence-electron chi connectivity index (χ0n) is 11.5. The van der Waals surface area contributed by atoms with E-state index in [0.717, 1.165) is 5.56 Å². The van der Waals surface area contributed by atoms with Crippen molar-refractivity contribution >= 4 is 11.9 Å². The summed E-state index contributed by atoms with van der Waals surface area (Å²) in [5.41, 5.74) is 0.877. The molecule has 1 rings (SSSR count). The summed E-state index contributed by atoms with van der Waals surface area (Å²) < 4.78 is 4.85. The van der Waals surface area contributed by atoms with Crippen LogP contribution in [0.5, 0.6) is 5.75 Å². The van der Waals surface area contributed by atoms with E-state index in [9.17, 15) is 14.7 Å². The Kier molecular flexibility index (Phi) is 5.99. The predicted octanol–water partition coefficient (Wildman–Crippen LogP) is 1.31. The molecule has 1 atom stereocenters. The van der Waals surface area contributed by atoms with Gasteiger partial charge in [0.2, 0.25) is 0 Å². The number of hydrogen-bond acceptors (Lipinski definition) is 4. The highest BCUT2D eigenvalue weighted by Gasteiger charge is 2.21. The standard InChI is InChI=1S/C14H19NO5/c1-9-5-6-12(16)10(8-9)13(17)15-11(14(18)19)4-3-7-20-2/h5-6,8,11,16H,3-4,7H2,1-2H3,(H,15,17)(H,18,19). The number of carboxylic acids is 1. The van der Waals surface area contributed by atoms with Gasteiger partial charge in [0, 0.05) is 13.7 Å². The van der Waals surface area contributed by atoms with Crippen molar-refractivity contribution in [3.8, 4) is 5.75 Å². The topological polar surface area (TPSA) is 95.9 Å². The highest BCUT2D eigenvalue weighted by atomic mass is 16.5. The van der Waals surface area contributed by atoms with Gasteiger partial charge in [0.15, 0.2) is 0 Å². The Morgan fingerprint density at radius 3 is 2.70 bits per heavy atom. The molecule has 1 unspecified atom stereocenters. The fraction of sp³-hybridized carbons (Fsp3) is 0.429. The number of aliphatic carboxylic acids is 1. The number of rotatable bonds is 7. The lowest BCUT2D eigenvalue weighted by atomic mass is 10.1. The minimum Gasteiger partial charge on any atom is -0.507 e. The third-order valence-corrected chi connectivity index (χ3v) is 2.84. The molecule has 6 heteroatoms. The zero-order valence-corrected chi connectivity index (χ0v) is 11.5. The molecular formula is C14H19NO5. The molecule has 6 nitrogen and oxygen atoms in total. The molecule has 0 bridgehead atoms. The maximum atomic E-state index is 12.0. The van der Waals surface area contributed by atoms with Gasteiger partial charge in [-0.2, -0.15) is 0 Å². The average molecular weight is 281 g/mol. The first-order valence-electron chi connectivity index (χ1n) is 6.28.